The molecule has 0 aliphatic carbocycles. The lowest BCUT2D eigenvalue weighted by molar-refractivity contribution is -0.122. The molecule has 1 rings (SSSR count). The lowest BCUT2D eigenvalue weighted by atomic mass is 10.1. The molecular formula is C12H25N3O. The van der Waals surface area contributed by atoms with Gasteiger partial charge in [0.1, 0.15) is 0 Å². The zero-order valence-electron chi connectivity index (χ0n) is 10.4. The Morgan fingerprint density at radius 2 is 2.38 bits per heavy atom. The van der Waals surface area contributed by atoms with Gasteiger partial charge in [0.25, 0.3) is 0 Å². The summed E-state index contributed by atoms with van der Waals surface area (Å²) in [5.41, 5.74) is 5.52. The zero-order valence-corrected chi connectivity index (χ0v) is 10.4. The molecule has 1 fully saturated rings. The van der Waals surface area contributed by atoms with Crippen molar-refractivity contribution < 1.29 is 4.79 Å². The van der Waals surface area contributed by atoms with Gasteiger partial charge in [-0.2, -0.15) is 0 Å². The van der Waals surface area contributed by atoms with Crippen LogP contribution in [0, 0.1) is 0 Å². The van der Waals surface area contributed by atoms with Crippen LogP contribution in [-0.4, -0.2) is 43.0 Å². The number of nitrogens with zero attached hydrogens (tertiary/aromatic N) is 1. The summed E-state index contributed by atoms with van der Waals surface area (Å²) < 4.78 is 0. The SMILES string of the molecule is CCCNC(=O)CN1CCCC1CCCN. The van der Waals surface area contributed by atoms with Gasteiger partial charge in [-0.3, -0.25) is 9.69 Å². The van der Waals surface area contributed by atoms with E-state index in [0.717, 1.165) is 38.9 Å². The van der Waals surface area contributed by atoms with Gasteiger partial charge >= 0.3 is 0 Å². The van der Waals surface area contributed by atoms with E-state index < -0.39 is 0 Å². The number of hydrogen-bond acceptors (Lipinski definition) is 3. The van der Waals surface area contributed by atoms with Crippen LogP contribution in [0.25, 0.3) is 0 Å². The van der Waals surface area contributed by atoms with Crippen molar-refractivity contribution in [1.29, 1.82) is 0 Å². The van der Waals surface area contributed by atoms with Crippen molar-refractivity contribution in [1.82, 2.24) is 10.2 Å². The first-order chi connectivity index (χ1) is 7.77. The highest BCUT2D eigenvalue weighted by Crippen LogP contribution is 2.20. The average molecular weight is 227 g/mol. The van der Waals surface area contributed by atoms with Crippen molar-refractivity contribution in [3.8, 4) is 0 Å². The molecule has 16 heavy (non-hydrogen) atoms. The van der Waals surface area contributed by atoms with E-state index in [1.54, 1.807) is 0 Å². The summed E-state index contributed by atoms with van der Waals surface area (Å²) >= 11 is 0. The fourth-order valence-corrected chi connectivity index (χ4v) is 2.29. The first kappa shape index (κ1) is 13.5. The quantitative estimate of drug-likeness (QED) is 0.673. The third-order valence-corrected chi connectivity index (χ3v) is 3.16. The monoisotopic (exact) mass is 227 g/mol. The molecule has 4 nitrogen and oxygen atoms in total. The Bertz CT molecular complexity index is 208. The van der Waals surface area contributed by atoms with Gasteiger partial charge in [0.2, 0.25) is 5.91 Å². The molecular weight excluding hydrogens is 202 g/mol. The van der Waals surface area contributed by atoms with E-state index in [4.69, 9.17) is 5.73 Å². The number of likely N-dealkylation sites (tertiary alicyclic amines) is 1. The number of carbonyl (C=O) groups excluding carboxylic acids is 1. The molecule has 1 aliphatic rings. The molecule has 1 unspecified atom stereocenters. The maximum absolute atomic E-state index is 11.6. The highest BCUT2D eigenvalue weighted by Gasteiger charge is 2.25. The highest BCUT2D eigenvalue weighted by molar-refractivity contribution is 5.78. The van der Waals surface area contributed by atoms with E-state index in [0.29, 0.717) is 12.6 Å². The molecule has 1 atom stereocenters. The van der Waals surface area contributed by atoms with Crippen molar-refractivity contribution in [2.24, 2.45) is 5.73 Å². The van der Waals surface area contributed by atoms with Gasteiger partial charge < -0.3 is 11.1 Å². The molecule has 1 saturated heterocycles. The minimum Gasteiger partial charge on any atom is -0.355 e. The second-order valence-corrected chi connectivity index (χ2v) is 4.55. The summed E-state index contributed by atoms with van der Waals surface area (Å²) in [4.78, 5) is 13.9. The third kappa shape index (κ3) is 4.49. The van der Waals surface area contributed by atoms with Crippen molar-refractivity contribution in [2.45, 2.75) is 45.1 Å². The summed E-state index contributed by atoms with van der Waals surface area (Å²) in [5, 5.41) is 2.93. The molecule has 1 amide bonds. The van der Waals surface area contributed by atoms with Crippen LogP contribution < -0.4 is 11.1 Å². The number of carbonyl (C=O) groups is 1. The second kappa shape index (κ2) is 7.63. The molecule has 0 aromatic carbocycles. The van der Waals surface area contributed by atoms with Crippen LogP contribution in [0.15, 0.2) is 0 Å². The Balaban J connectivity index is 2.25. The summed E-state index contributed by atoms with van der Waals surface area (Å²) in [7, 11) is 0. The Kier molecular flexibility index (Phi) is 6.42. The van der Waals surface area contributed by atoms with Gasteiger partial charge in [-0.25, -0.2) is 0 Å². The number of rotatable bonds is 7. The fourth-order valence-electron chi connectivity index (χ4n) is 2.29. The van der Waals surface area contributed by atoms with E-state index >= 15 is 0 Å². The third-order valence-electron chi connectivity index (χ3n) is 3.16. The van der Waals surface area contributed by atoms with Crippen LogP contribution in [0.2, 0.25) is 0 Å². The molecule has 94 valence electrons. The van der Waals surface area contributed by atoms with Crippen LogP contribution in [0.1, 0.15) is 39.0 Å². The van der Waals surface area contributed by atoms with Crippen molar-refractivity contribution >= 4 is 5.91 Å². The topological polar surface area (TPSA) is 58.4 Å². The number of amides is 1. The van der Waals surface area contributed by atoms with E-state index in [1.165, 1.54) is 12.8 Å². The van der Waals surface area contributed by atoms with Gasteiger partial charge in [-0.15, -0.1) is 0 Å². The lowest BCUT2D eigenvalue weighted by Gasteiger charge is -2.23. The van der Waals surface area contributed by atoms with Crippen LogP contribution in [-0.2, 0) is 4.79 Å². The predicted octanol–water partition coefficient (Wildman–Crippen LogP) is 0.716. The van der Waals surface area contributed by atoms with Gasteiger partial charge in [0, 0.05) is 12.6 Å². The Labute approximate surface area is 98.6 Å². The van der Waals surface area contributed by atoms with Crippen LogP contribution in [0.5, 0.6) is 0 Å². The van der Waals surface area contributed by atoms with E-state index in [-0.39, 0.29) is 5.91 Å². The first-order valence-corrected chi connectivity index (χ1v) is 6.48. The molecule has 0 bridgehead atoms. The maximum atomic E-state index is 11.6. The van der Waals surface area contributed by atoms with Crippen molar-refractivity contribution in [3.63, 3.8) is 0 Å². The minimum atomic E-state index is 0.168. The molecule has 0 saturated carbocycles. The largest absolute Gasteiger partial charge is 0.355 e. The Hall–Kier alpha value is -0.610. The van der Waals surface area contributed by atoms with Crippen LogP contribution in [0.3, 0.4) is 0 Å². The van der Waals surface area contributed by atoms with Crippen LogP contribution >= 0.6 is 0 Å². The van der Waals surface area contributed by atoms with Gasteiger partial charge in [-0.05, 0) is 45.2 Å². The van der Waals surface area contributed by atoms with E-state index in [9.17, 15) is 4.79 Å². The molecule has 0 radical (unpaired) electrons. The molecule has 1 aliphatic heterocycles. The molecule has 0 spiro atoms. The van der Waals surface area contributed by atoms with Gasteiger partial charge in [0.05, 0.1) is 6.54 Å². The smallest absolute Gasteiger partial charge is 0.234 e. The molecule has 1 heterocycles. The standard InChI is InChI=1S/C12H25N3O/c1-2-8-14-12(16)10-15-9-4-6-11(15)5-3-7-13/h11H,2-10,13H2,1H3,(H,14,16). The van der Waals surface area contributed by atoms with E-state index in [2.05, 4.69) is 17.1 Å². The normalized spacial score (nSPS) is 21.2. The molecule has 3 N–H and O–H groups in total. The second-order valence-electron chi connectivity index (χ2n) is 4.55. The van der Waals surface area contributed by atoms with Crippen molar-refractivity contribution in [2.75, 3.05) is 26.2 Å². The van der Waals surface area contributed by atoms with Crippen LogP contribution in [0.4, 0.5) is 0 Å². The lowest BCUT2D eigenvalue weighted by Crippen LogP contribution is -2.40. The van der Waals surface area contributed by atoms with Crippen molar-refractivity contribution in [3.05, 3.63) is 0 Å². The summed E-state index contributed by atoms with van der Waals surface area (Å²) in [6.45, 7) is 5.25. The van der Waals surface area contributed by atoms with Gasteiger partial charge in [0.15, 0.2) is 0 Å². The van der Waals surface area contributed by atoms with Gasteiger partial charge in [-0.1, -0.05) is 6.92 Å². The molecule has 4 heteroatoms. The van der Waals surface area contributed by atoms with E-state index in [1.807, 2.05) is 0 Å². The number of nitrogens with one attached hydrogen (secondary N) is 1. The molecule has 0 aromatic rings. The summed E-state index contributed by atoms with van der Waals surface area (Å²) in [6.07, 6.45) is 5.65. The Morgan fingerprint density at radius 3 is 3.06 bits per heavy atom. The Morgan fingerprint density at radius 1 is 1.56 bits per heavy atom. The molecule has 0 aromatic heterocycles. The maximum Gasteiger partial charge on any atom is 0.234 e. The highest BCUT2D eigenvalue weighted by atomic mass is 16.2. The fraction of sp³-hybridized carbons (Fsp3) is 0.917. The predicted molar refractivity (Wildman–Crippen MR) is 66.2 cm³/mol. The number of hydrogen-bond donors (Lipinski definition) is 2. The zero-order chi connectivity index (χ0) is 11.8. The summed E-state index contributed by atoms with van der Waals surface area (Å²) in [5.74, 6) is 0.168. The first-order valence-electron chi connectivity index (χ1n) is 6.48. The summed E-state index contributed by atoms with van der Waals surface area (Å²) in [6, 6.07) is 0.580. The average Bonchev–Trinajstić information content (AvgIpc) is 2.71. The minimum absolute atomic E-state index is 0.168. The number of nitrogens with two attached hydrogens (primary N) is 1.